The first-order valence-corrected chi connectivity index (χ1v) is 4.19. The molecule has 1 aromatic heterocycles. The van der Waals surface area contributed by atoms with Crippen molar-refractivity contribution in [1.82, 2.24) is 10.3 Å². The highest BCUT2D eigenvalue weighted by molar-refractivity contribution is 5.10. The Morgan fingerprint density at radius 2 is 2.42 bits per heavy atom. The number of nitrogens with zero attached hydrogens (tertiary/aromatic N) is 1. The van der Waals surface area contributed by atoms with Crippen LogP contribution in [0.3, 0.4) is 0 Å². The van der Waals surface area contributed by atoms with Crippen LogP contribution in [0, 0.1) is 5.95 Å². The van der Waals surface area contributed by atoms with Gasteiger partial charge in [-0.2, -0.15) is 4.39 Å². The lowest BCUT2D eigenvalue weighted by Crippen LogP contribution is -2.16. The molecule has 0 spiro atoms. The van der Waals surface area contributed by atoms with E-state index in [9.17, 15) is 4.39 Å². The largest absolute Gasteiger partial charge is 0.310 e. The van der Waals surface area contributed by atoms with Gasteiger partial charge in [0.25, 0.3) is 0 Å². The Hall–Kier alpha value is -0.960. The van der Waals surface area contributed by atoms with Crippen LogP contribution < -0.4 is 5.32 Å². The first-order valence-electron chi connectivity index (χ1n) is 4.19. The molecular formula is C9H11FN2. The number of hydrogen-bond acceptors (Lipinski definition) is 2. The average molecular weight is 166 g/mol. The molecule has 0 aromatic carbocycles. The quantitative estimate of drug-likeness (QED) is 0.688. The summed E-state index contributed by atoms with van der Waals surface area (Å²) in [5, 5.41) is 3.23. The van der Waals surface area contributed by atoms with Crippen molar-refractivity contribution in [2.75, 3.05) is 0 Å². The monoisotopic (exact) mass is 166 g/mol. The van der Waals surface area contributed by atoms with Crippen LogP contribution in [0.25, 0.3) is 0 Å². The summed E-state index contributed by atoms with van der Waals surface area (Å²) >= 11 is 0. The molecule has 1 aromatic rings. The van der Waals surface area contributed by atoms with Crippen LogP contribution in [0.1, 0.15) is 18.4 Å². The van der Waals surface area contributed by atoms with E-state index in [1.807, 2.05) is 0 Å². The summed E-state index contributed by atoms with van der Waals surface area (Å²) < 4.78 is 12.9. The van der Waals surface area contributed by atoms with E-state index in [4.69, 9.17) is 0 Å². The van der Waals surface area contributed by atoms with E-state index in [0.29, 0.717) is 18.2 Å². The van der Waals surface area contributed by atoms with E-state index in [1.54, 1.807) is 12.1 Å². The molecule has 64 valence electrons. The highest BCUT2D eigenvalue weighted by atomic mass is 19.1. The van der Waals surface area contributed by atoms with E-state index in [2.05, 4.69) is 10.3 Å². The molecule has 3 heteroatoms. The first-order chi connectivity index (χ1) is 5.86. The van der Waals surface area contributed by atoms with Crippen LogP contribution in [0.2, 0.25) is 0 Å². The molecule has 0 amide bonds. The van der Waals surface area contributed by atoms with Crippen molar-refractivity contribution < 1.29 is 4.39 Å². The topological polar surface area (TPSA) is 24.9 Å². The minimum atomic E-state index is -0.356. The van der Waals surface area contributed by atoms with Crippen molar-refractivity contribution in [3.8, 4) is 0 Å². The lowest BCUT2D eigenvalue weighted by Gasteiger charge is -2.02. The molecule has 2 rings (SSSR count). The Labute approximate surface area is 70.8 Å². The molecule has 0 saturated heterocycles. The summed E-state index contributed by atoms with van der Waals surface area (Å²) in [4.78, 5) is 3.57. The Morgan fingerprint density at radius 1 is 1.58 bits per heavy atom. The molecule has 0 radical (unpaired) electrons. The van der Waals surface area contributed by atoms with E-state index in [-0.39, 0.29) is 5.95 Å². The molecule has 12 heavy (non-hydrogen) atoms. The standard InChI is InChI=1S/C9H11FN2/c10-9-7(2-1-5-11-9)6-12-8-3-4-8/h1-2,5,8,12H,3-4,6H2. The highest BCUT2D eigenvalue weighted by Crippen LogP contribution is 2.19. The minimum absolute atomic E-state index is 0.356. The maximum absolute atomic E-state index is 12.9. The van der Waals surface area contributed by atoms with Crippen LogP contribution in [-0.2, 0) is 6.54 Å². The molecule has 0 bridgehead atoms. The van der Waals surface area contributed by atoms with Gasteiger partial charge in [-0.1, -0.05) is 6.07 Å². The smallest absolute Gasteiger partial charge is 0.217 e. The molecule has 1 aliphatic rings. The van der Waals surface area contributed by atoms with Crippen molar-refractivity contribution in [1.29, 1.82) is 0 Å². The molecule has 2 nitrogen and oxygen atoms in total. The van der Waals surface area contributed by atoms with E-state index < -0.39 is 0 Å². The number of rotatable bonds is 3. The maximum Gasteiger partial charge on any atom is 0.217 e. The third-order valence-electron chi connectivity index (χ3n) is 1.99. The van der Waals surface area contributed by atoms with Crippen molar-refractivity contribution >= 4 is 0 Å². The second-order valence-corrected chi connectivity index (χ2v) is 3.11. The molecule has 1 N–H and O–H groups in total. The molecule has 0 atom stereocenters. The third kappa shape index (κ3) is 1.80. The minimum Gasteiger partial charge on any atom is -0.310 e. The van der Waals surface area contributed by atoms with E-state index in [0.717, 1.165) is 0 Å². The zero-order chi connectivity index (χ0) is 8.39. The third-order valence-corrected chi connectivity index (χ3v) is 1.99. The summed E-state index contributed by atoms with van der Waals surface area (Å²) in [6.07, 6.45) is 3.92. The van der Waals surface area contributed by atoms with Crippen LogP contribution in [-0.4, -0.2) is 11.0 Å². The molecular weight excluding hydrogens is 155 g/mol. The number of hydrogen-bond donors (Lipinski definition) is 1. The molecule has 0 unspecified atom stereocenters. The molecule has 0 aliphatic heterocycles. The van der Waals surface area contributed by atoms with Crippen molar-refractivity contribution in [3.05, 3.63) is 29.8 Å². The summed E-state index contributed by atoms with van der Waals surface area (Å²) in [7, 11) is 0. The summed E-state index contributed by atoms with van der Waals surface area (Å²) in [5.74, 6) is -0.356. The average Bonchev–Trinajstić information content (AvgIpc) is 2.86. The Balaban J connectivity index is 1.96. The van der Waals surface area contributed by atoms with Crippen LogP contribution in [0.4, 0.5) is 4.39 Å². The first kappa shape index (κ1) is 7.68. The maximum atomic E-state index is 12.9. The van der Waals surface area contributed by atoms with Gasteiger partial charge in [-0.25, -0.2) is 4.98 Å². The van der Waals surface area contributed by atoms with Crippen LogP contribution in [0.5, 0.6) is 0 Å². The number of aromatic nitrogens is 1. The van der Waals surface area contributed by atoms with Gasteiger partial charge in [0, 0.05) is 24.3 Å². The van der Waals surface area contributed by atoms with Gasteiger partial charge in [-0.3, -0.25) is 0 Å². The van der Waals surface area contributed by atoms with Gasteiger partial charge in [0.15, 0.2) is 0 Å². The lowest BCUT2D eigenvalue weighted by molar-refractivity contribution is 0.550. The van der Waals surface area contributed by atoms with Crippen LogP contribution >= 0.6 is 0 Å². The Kier molecular flexibility index (Phi) is 2.04. The van der Waals surface area contributed by atoms with Gasteiger partial charge in [-0.15, -0.1) is 0 Å². The predicted molar refractivity (Wildman–Crippen MR) is 44.1 cm³/mol. The number of pyridine rings is 1. The van der Waals surface area contributed by atoms with Gasteiger partial charge in [0.2, 0.25) is 5.95 Å². The molecule has 1 fully saturated rings. The molecule has 1 saturated carbocycles. The summed E-state index contributed by atoms with van der Waals surface area (Å²) in [6, 6.07) is 4.13. The molecule has 1 aliphatic carbocycles. The fraction of sp³-hybridized carbons (Fsp3) is 0.444. The number of halogens is 1. The van der Waals surface area contributed by atoms with E-state index >= 15 is 0 Å². The van der Waals surface area contributed by atoms with Gasteiger partial charge in [0.1, 0.15) is 0 Å². The van der Waals surface area contributed by atoms with Gasteiger partial charge < -0.3 is 5.32 Å². The summed E-state index contributed by atoms with van der Waals surface area (Å²) in [5.41, 5.74) is 0.657. The van der Waals surface area contributed by atoms with Crippen molar-refractivity contribution in [2.24, 2.45) is 0 Å². The van der Waals surface area contributed by atoms with Crippen LogP contribution in [0.15, 0.2) is 18.3 Å². The van der Waals surface area contributed by atoms with Gasteiger partial charge in [-0.05, 0) is 18.9 Å². The zero-order valence-electron chi connectivity index (χ0n) is 6.76. The Morgan fingerprint density at radius 3 is 3.08 bits per heavy atom. The fourth-order valence-electron chi connectivity index (χ4n) is 1.09. The van der Waals surface area contributed by atoms with Gasteiger partial charge in [0.05, 0.1) is 0 Å². The Bertz CT molecular complexity index is 271. The predicted octanol–water partition coefficient (Wildman–Crippen LogP) is 1.47. The van der Waals surface area contributed by atoms with Crippen molar-refractivity contribution in [3.63, 3.8) is 0 Å². The fourth-order valence-corrected chi connectivity index (χ4v) is 1.09. The number of nitrogens with one attached hydrogen (secondary N) is 1. The second kappa shape index (κ2) is 3.19. The normalized spacial score (nSPS) is 16.4. The van der Waals surface area contributed by atoms with Gasteiger partial charge >= 0.3 is 0 Å². The van der Waals surface area contributed by atoms with E-state index in [1.165, 1.54) is 19.0 Å². The van der Waals surface area contributed by atoms with Crippen molar-refractivity contribution in [2.45, 2.75) is 25.4 Å². The highest BCUT2D eigenvalue weighted by Gasteiger charge is 2.20. The summed E-state index contributed by atoms with van der Waals surface area (Å²) in [6.45, 7) is 0.602. The lowest BCUT2D eigenvalue weighted by atomic mass is 10.3. The SMILES string of the molecule is Fc1ncccc1CNC1CC1. The zero-order valence-corrected chi connectivity index (χ0v) is 6.76. The second-order valence-electron chi connectivity index (χ2n) is 3.11. The molecule has 1 heterocycles.